The highest BCUT2D eigenvalue weighted by molar-refractivity contribution is 6.33. The van der Waals surface area contributed by atoms with Gasteiger partial charge in [-0.3, -0.25) is 4.79 Å². The van der Waals surface area contributed by atoms with E-state index < -0.39 is 17.8 Å². The molecule has 0 saturated carbocycles. The van der Waals surface area contributed by atoms with Crippen LogP contribution in [0, 0.1) is 0 Å². The predicted octanol–water partition coefficient (Wildman–Crippen LogP) is 3.11. The van der Waals surface area contributed by atoms with Gasteiger partial charge in [-0.15, -0.1) is 11.6 Å². The Morgan fingerprint density at radius 1 is 1.41 bits per heavy atom. The van der Waals surface area contributed by atoms with Crippen molar-refractivity contribution in [3.63, 3.8) is 0 Å². The monoisotopic (exact) mass is 264 g/mol. The zero-order valence-electron chi connectivity index (χ0n) is 9.25. The van der Waals surface area contributed by atoms with Crippen molar-refractivity contribution < 1.29 is 23.0 Å². The van der Waals surface area contributed by atoms with E-state index in [9.17, 15) is 13.6 Å². The average molecular weight is 265 g/mol. The van der Waals surface area contributed by atoms with Crippen LogP contribution in [0.3, 0.4) is 0 Å². The van der Waals surface area contributed by atoms with Gasteiger partial charge in [0, 0.05) is 6.07 Å². The zero-order chi connectivity index (χ0) is 13.0. The summed E-state index contributed by atoms with van der Waals surface area (Å²) < 4.78 is 33.5. The molecular weight excluding hydrogens is 254 g/mol. The summed E-state index contributed by atoms with van der Waals surface area (Å²) in [5, 5.41) is -0.816. The molecule has 0 aliphatic heterocycles. The summed E-state index contributed by atoms with van der Waals surface area (Å²) in [5.41, 5.74) is 0.00796. The number of carbonyl (C=O) groups excluding carboxylic acids is 1. The minimum Gasteiger partial charge on any atom is -0.497 e. The smallest absolute Gasteiger partial charge is 0.387 e. The van der Waals surface area contributed by atoms with E-state index in [1.54, 1.807) is 0 Å². The second-order valence-electron chi connectivity index (χ2n) is 3.22. The van der Waals surface area contributed by atoms with Gasteiger partial charge in [-0.1, -0.05) is 0 Å². The number of benzene rings is 1. The van der Waals surface area contributed by atoms with Gasteiger partial charge in [-0.05, 0) is 19.1 Å². The van der Waals surface area contributed by atoms with Crippen LogP contribution in [-0.4, -0.2) is 24.9 Å². The van der Waals surface area contributed by atoms with Crippen LogP contribution < -0.4 is 9.47 Å². The molecule has 1 aromatic rings. The van der Waals surface area contributed by atoms with Crippen molar-refractivity contribution >= 4 is 17.4 Å². The summed E-state index contributed by atoms with van der Waals surface area (Å²) in [4.78, 5) is 11.6. The Labute approximate surface area is 102 Å². The van der Waals surface area contributed by atoms with Crippen LogP contribution >= 0.6 is 11.6 Å². The normalized spacial score (nSPS) is 12.4. The van der Waals surface area contributed by atoms with Crippen LogP contribution in [-0.2, 0) is 0 Å². The number of carbonyl (C=O) groups is 1. The number of rotatable bonds is 5. The molecule has 0 aliphatic carbocycles. The summed E-state index contributed by atoms with van der Waals surface area (Å²) in [6.07, 6.45) is 0. The molecule has 0 N–H and O–H groups in total. The first-order valence-electron chi connectivity index (χ1n) is 4.77. The van der Waals surface area contributed by atoms with Crippen LogP contribution in [0.4, 0.5) is 8.78 Å². The van der Waals surface area contributed by atoms with Gasteiger partial charge in [0.05, 0.1) is 18.1 Å². The molecule has 0 aliphatic rings. The predicted molar refractivity (Wildman–Crippen MR) is 59.3 cm³/mol. The maximum atomic E-state index is 12.2. The molecule has 94 valence electrons. The molecule has 6 heteroatoms. The summed E-state index contributed by atoms with van der Waals surface area (Å²) in [7, 11) is 1.38. The number of alkyl halides is 3. The zero-order valence-corrected chi connectivity index (χ0v) is 10.0. The molecule has 0 fully saturated rings. The van der Waals surface area contributed by atoms with E-state index in [4.69, 9.17) is 16.3 Å². The van der Waals surface area contributed by atoms with Gasteiger partial charge in [0.2, 0.25) is 0 Å². The van der Waals surface area contributed by atoms with Crippen molar-refractivity contribution in [3.8, 4) is 11.5 Å². The maximum Gasteiger partial charge on any atom is 0.387 e. The molecule has 1 aromatic carbocycles. The van der Waals surface area contributed by atoms with Gasteiger partial charge in [0.15, 0.2) is 5.78 Å². The number of hydrogen-bond acceptors (Lipinski definition) is 3. The minimum atomic E-state index is -3.01. The standard InChI is InChI=1S/C11H11ClF2O3/c1-6(12)10(15)8-4-3-7(16-2)5-9(8)17-11(13)14/h3-6,11H,1-2H3. The Hall–Kier alpha value is -1.36. The summed E-state index contributed by atoms with van der Waals surface area (Å²) >= 11 is 5.62. The quantitative estimate of drug-likeness (QED) is 0.605. The van der Waals surface area contributed by atoms with Crippen LogP contribution in [0.25, 0.3) is 0 Å². The third-order valence-electron chi connectivity index (χ3n) is 2.03. The van der Waals surface area contributed by atoms with Crippen molar-refractivity contribution in [2.75, 3.05) is 7.11 Å². The highest BCUT2D eigenvalue weighted by Gasteiger charge is 2.20. The van der Waals surface area contributed by atoms with Gasteiger partial charge < -0.3 is 9.47 Å². The van der Waals surface area contributed by atoms with Crippen LogP contribution in [0.15, 0.2) is 18.2 Å². The summed E-state index contributed by atoms with van der Waals surface area (Å²) in [6.45, 7) is -1.56. The van der Waals surface area contributed by atoms with E-state index in [1.165, 1.54) is 32.2 Å². The van der Waals surface area contributed by atoms with E-state index in [1.807, 2.05) is 0 Å². The lowest BCUT2D eigenvalue weighted by Gasteiger charge is -2.12. The first-order valence-corrected chi connectivity index (χ1v) is 5.20. The number of methoxy groups -OCH3 is 1. The molecule has 0 spiro atoms. The Balaban J connectivity index is 3.14. The average Bonchev–Trinajstić information content (AvgIpc) is 2.27. The van der Waals surface area contributed by atoms with Crippen molar-refractivity contribution in [2.45, 2.75) is 18.9 Å². The Morgan fingerprint density at radius 2 is 2.06 bits per heavy atom. The molecule has 1 atom stereocenters. The minimum absolute atomic E-state index is 0.00796. The van der Waals surface area contributed by atoms with Crippen LogP contribution in [0.1, 0.15) is 17.3 Å². The molecule has 3 nitrogen and oxygen atoms in total. The molecule has 0 saturated heterocycles. The maximum absolute atomic E-state index is 12.2. The van der Waals surface area contributed by atoms with Crippen molar-refractivity contribution in [1.82, 2.24) is 0 Å². The SMILES string of the molecule is COc1ccc(C(=O)C(C)Cl)c(OC(F)F)c1. The van der Waals surface area contributed by atoms with E-state index >= 15 is 0 Å². The molecule has 0 bridgehead atoms. The fraction of sp³-hybridized carbons (Fsp3) is 0.364. The highest BCUT2D eigenvalue weighted by Crippen LogP contribution is 2.28. The Bertz CT molecular complexity index is 408. The number of halogens is 3. The fourth-order valence-electron chi connectivity index (χ4n) is 1.24. The summed E-state index contributed by atoms with van der Waals surface area (Å²) in [5.74, 6) is -0.402. The lowest BCUT2D eigenvalue weighted by molar-refractivity contribution is -0.0502. The van der Waals surface area contributed by atoms with Crippen molar-refractivity contribution in [1.29, 1.82) is 0 Å². The third-order valence-corrected chi connectivity index (χ3v) is 2.23. The van der Waals surface area contributed by atoms with E-state index in [-0.39, 0.29) is 11.3 Å². The fourth-order valence-corrected chi connectivity index (χ4v) is 1.36. The van der Waals surface area contributed by atoms with E-state index in [0.29, 0.717) is 5.75 Å². The molecule has 1 rings (SSSR count). The number of ketones is 1. The third kappa shape index (κ3) is 3.56. The van der Waals surface area contributed by atoms with E-state index in [2.05, 4.69) is 4.74 Å². The van der Waals surface area contributed by atoms with Crippen LogP contribution in [0.2, 0.25) is 0 Å². The number of Topliss-reactive ketones (excluding diaryl/α,β-unsaturated/α-hetero) is 1. The van der Waals surface area contributed by atoms with Gasteiger partial charge in [0.25, 0.3) is 0 Å². The Morgan fingerprint density at radius 3 is 2.53 bits per heavy atom. The topological polar surface area (TPSA) is 35.5 Å². The lowest BCUT2D eigenvalue weighted by atomic mass is 10.1. The molecule has 17 heavy (non-hydrogen) atoms. The first-order chi connectivity index (χ1) is 7.95. The second-order valence-corrected chi connectivity index (χ2v) is 3.88. The highest BCUT2D eigenvalue weighted by atomic mass is 35.5. The van der Waals surface area contributed by atoms with Gasteiger partial charge >= 0.3 is 6.61 Å². The first kappa shape index (κ1) is 13.7. The molecule has 0 heterocycles. The van der Waals surface area contributed by atoms with Gasteiger partial charge in [0.1, 0.15) is 11.5 Å². The second kappa shape index (κ2) is 5.82. The molecule has 0 aromatic heterocycles. The molecule has 0 amide bonds. The number of hydrogen-bond donors (Lipinski definition) is 0. The molecule has 0 radical (unpaired) electrons. The van der Waals surface area contributed by atoms with Crippen molar-refractivity contribution in [2.24, 2.45) is 0 Å². The molecule has 1 unspecified atom stereocenters. The lowest BCUT2D eigenvalue weighted by Crippen LogP contribution is -2.14. The summed E-state index contributed by atoms with van der Waals surface area (Å²) in [6, 6.07) is 4.04. The van der Waals surface area contributed by atoms with Crippen LogP contribution in [0.5, 0.6) is 11.5 Å². The molecular formula is C11H11ClF2O3. The van der Waals surface area contributed by atoms with Gasteiger partial charge in [-0.25, -0.2) is 0 Å². The van der Waals surface area contributed by atoms with Gasteiger partial charge in [-0.2, -0.15) is 8.78 Å². The largest absolute Gasteiger partial charge is 0.497 e. The van der Waals surface area contributed by atoms with Crippen molar-refractivity contribution in [3.05, 3.63) is 23.8 Å². The van der Waals surface area contributed by atoms with E-state index in [0.717, 1.165) is 0 Å². The Kier molecular flexibility index (Phi) is 4.69. The number of ether oxygens (including phenoxy) is 2.